The summed E-state index contributed by atoms with van der Waals surface area (Å²) in [7, 11) is 1.62. The third-order valence-corrected chi connectivity index (χ3v) is 5.50. The van der Waals surface area contributed by atoms with Crippen molar-refractivity contribution in [3.63, 3.8) is 0 Å². The van der Waals surface area contributed by atoms with Crippen LogP contribution in [0.3, 0.4) is 0 Å². The van der Waals surface area contributed by atoms with Gasteiger partial charge in [0.05, 0.1) is 29.5 Å². The number of nitriles is 1. The number of carbonyl (C=O) groups is 2. The van der Waals surface area contributed by atoms with Crippen molar-refractivity contribution in [1.29, 1.82) is 10.7 Å². The zero-order valence-corrected chi connectivity index (χ0v) is 18.4. The van der Waals surface area contributed by atoms with Gasteiger partial charge in [-0.25, -0.2) is 0 Å². The van der Waals surface area contributed by atoms with Crippen LogP contribution in [0.5, 0.6) is 0 Å². The second-order valence-corrected chi connectivity index (χ2v) is 8.24. The van der Waals surface area contributed by atoms with Gasteiger partial charge in [0, 0.05) is 37.3 Å². The van der Waals surface area contributed by atoms with Crippen molar-refractivity contribution in [1.82, 2.24) is 4.90 Å². The molecule has 7 nitrogen and oxygen atoms in total. The lowest BCUT2D eigenvalue weighted by Crippen LogP contribution is -2.56. The highest BCUT2D eigenvalue weighted by Gasteiger charge is 2.46. The number of hydrogen-bond donors (Lipinski definition) is 2. The monoisotopic (exact) mass is 429 g/mol. The fourth-order valence-corrected chi connectivity index (χ4v) is 4.23. The molecule has 0 aliphatic carbocycles. The molecule has 2 aromatic carbocycles. The second-order valence-electron chi connectivity index (χ2n) is 8.24. The van der Waals surface area contributed by atoms with E-state index in [9.17, 15) is 14.9 Å². The van der Waals surface area contributed by atoms with Gasteiger partial charge in [-0.15, -0.1) is 0 Å². The Balaban J connectivity index is 2.13. The first-order chi connectivity index (χ1) is 15.4. The molecule has 2 amide bonds. The number of benzene rings is 2. The number of hydrogen-bond acceptors (Lipinski definition) is 5. The summed E-state index contributed by atoms with van der Waals surface area (Å²) in [6.45, 7) is 4.48. The molecule has 1 aliphatic rings. The summed E-state index contributed by atoms with van der Waals surface area (Å²) in [5.41, 5.74) is 2.07. The molecule has 164 valence electrons. The van der Waals surface area contributed by atoms with E-state index in [2.05, 4.69) is 16.4 Å². The largest absolute Gasteiger partial charge is 0.333 e. The van der Waals surface area contributed by atoms with Gasteiger partial charge in [0.15, 0.2) is 0 Å². The third kappa shape index (κ3) is 4.59. The molecule has 3 rings (SSSR count). The van der Waals surface area contributed by atoms with Gasteiger partial charge in [-0.3, -0.25) is 9.59 Å². The van der Waals surface area contributed by atoms with Gasteiger partial charge in [-0.1, -0.05) is 38.1 Å². The number of anilines is 1. The maximum atomic E-state index is 13.7. The maximum absolute atomic E-state index is 13.7. The molecule has 0 fully saturated rings. The van der Waals surface area contributed by atoms with E-state index in [1.54, 1.807) is 60.6 Å². The Labute approximate surface area is 188 Å². The Morgan fingerprint density at radius 3 is 2.69 bits per heavy atom. The van der Waals surface area contributed by atoms with Gasteiger partial charge >= 0.3 is 0 Å². The molecule has 0 saturated heterocycles. The predicted molar refractivity (Wildman–Crippen MR) is 125 cm³/mol. The van der Waals surface area contributed by atoms with Crippen molar-refractivity contribution in [2.75, 3.05) is 18.9 Å². The van der Waals surface area contributed by atoms with Crippen LogP contribution in [0.1, 0.15) is 41.3 Å². The SMILES string of the molecule is CN=CC(C=N)[C@H]1[C@H](C(=O)Nc2cccc(C#N)c2)c2ccccc2C(=O)N1CC(C)C. The van der Waals surface area contributed by atoms with E-state index in [-0.39, 0.29) is 17.7 Å². The summed E-state index contributed by atoms with van der Waals surface area (Å²) >= 11 is 0. The van der Waals surface area contributed by atoms with Gasteiger partial charge in [0.25, 0.3) is 5.91 Å². The Morgan fingerprint density at radius 2 is 2.03 bits per heavy atom. The van der Waals surface area contributed by atoms with Crippen LogP contribution >= 0.6 is 0 Å². The molecule has 0 spiro atoms. The Bertz CT molecular complexity index is 1090. The predicted octanol–water partition coefficient (Wildman–Crippen LogP) is 3.73. The van der Waals surface area contributed by atoms with Crippen LogP contribution in [0.2, 0.25) is 0 Å². The van der Waals surface area contributed by atoms with Gasteiger partial charge in [-0.05, 0) is 35.7 Å². The van der Waals surface area contributed by atoms with E-state index in [1.807, 2.05) is 19.9 Å². The van der Waals surface area contributed by atoms with E-state index in [0.717, 1.165) is 0 Å². The number of rotatable bonds is 7. The first kappa shape index (κ1) is 22.9. The van der Waals surface area contributed by atoms with Crippen LogP contribution in [0.15, 0.2) is 53.5 Å². The third-order valence-electron chi connectivity index (χ3n) is 5.50. The topological polar surface area (TPSA) is 109 Å². The van der Waals surface area contributed by atoms with Crippen molar-refractivity contribution in [2.45, 2.75) is 25.8 Å². The van der Waals surface area contributed by atoms with Gasteiger partial charge in [0.2, 0.25) is 5.91 Å². The maximum Gasteiger partial charge on any atom is 0.254 e. The van der Waals surface area contributed by atoms with Crippen molar-refractivity contribution >= 4 is 29.9 Å². The van der Waals surface area contributed by atoms with E-state index in [4.69, 9.17) is 5.41 Å². The Morgan fingerprint density at radius 1 is 1.28 bits per heavy atom. The van der Waals surface area contributed by atoms with Gasteiger partial charge in [-0.2, -0.15) is 5.26 Å². The number of nitrogens with zero attached hydrogens (tertiary/aromatic N) is 3. The van der Waals surface area contributed by atoms with Crippen LogP contribution in [0.4, 0.5) is 5.69 Å². The minimum absolute atomic E-state index is 0.147. The molecular formula is C25H27N5O2. The van der Waals surface area contributed by atoms with Gasteiger partial charge < -0.3 is 20.6 Å². The minimum atomic E-state index is -0.710. The first-order valence-corrected chi connectivity index (χ1v) is 10.5. The summed E-state index contributed by atoms with van der Waals surface area (Å²) < 4.78 is 0. The summed E-state index contributed by atoms with van der Waals surface area (Å²) in [5, 5.41) is 20.1. The molecule has 2 aromatic rings. The van der Waals surface area contributed by atoms with Crippen molar-refractivity contribution in [3.05, 3.63) is 65.2 Å². The highest BCUT2D eigenvalue weighted by atomic mass is 16.2. The average molecular weight is 430 g/mol. The quantitative estimate of drug-likeness (QED) is 0.655. The highest BCUT2D eigenvalue weighted by Crippen LogP contribution is 2.37. The number of amides is 2. The summed E-state index contributed by atoms with van der Waals surface area (Å²) in [6, 6.07) is 15.3. The normalized spacial score (nSPS) is 18.8. The molecule has 0 bridgehead atoms. The minimum Gasteiger partial charge on any atom is -0.333 e. The summed E-state index contributed by atoms with van der Waals surface area (Å²) in [5.74, 6) is -1.51. The molecule has 0 radical (unpaired) electrons. The zero-order valence-electron chi connectivity index (χ0n) is 18.4. The highest BCUT2D eigenvalue weighted by molar-refractivity contribution is 6.05. The molecular weight excluding hydrogens is 402 g/mol. The molecule has 1 unspecified atom stereocenters. The summed E-state index contributed by atoms with van der Waals surface area (Å²) in [4.78, 5) is 32.9. The zero-order chi connectivity index (χ0) is 23.3. The van der Waals surface area contributed by atoms with Gasteiger partial charge in [0.1, 0.15) is 0 Å². The van der Waals surface area contributed by atoms with Crippen LogP contribution < -0.4 is 5.32 Å². The number of aliphatic imine (C=N–C) groups is 1. The Kier molecular flexibility index (Phi) is 7.16. The van der Waals surface area contributed by atoms with E-state index >= 15 is 0 Å². The first-order valence-electron chi connectivity index (χ1n) is 10.5. The van der Waals surface area contributed by atoms with Crippen LogP contribution in [0.25, 0.3) is 0 Å². The lowest BCUT2D eigenvalue weighted by atomic mass is 9.76. The van der Waals surface area contributed by atoms with Crippen molar-refractivity contribution in [2.24, 2.45) is 16.8 Å². The lowest BCUT2D eigenvalue weighted by Gasteiger charge is -2.44. The Hall–Kier alpha value is -3.79. The fraction of sp³-hybridized carbons (Fsp3) is 0.320. The molecule has 7 heteroatoms. The van der Waals surface area contributed by atoms with Crippen molar-refractivity contribution < 1.29 is 9.59 Å². The van der Waals surface area contributed by atoms with Crippen LogP contribution in [0, 0.1) is 28.6 Å². The fourth-order valence-electron chi connectivity index (χ4n) is 4.23. The van der Waals surface area contributed by atoms with Crippen molar-refractivity contribution in [3.8, 4) is 6.07 Å². The van der Waals surface area contributed by atoms with Crippen LogP contribution in [-0.2, 0) is 4.79 Å². The molecule has 1 aliphatic heterocycles. The van der Waals surface area contributed by atoms with E-state index < -0.39 is 17.9 Å². The smallest absolute Gasteiger partial charge is 0.254 e. The molecule has 3 atom stereocenters. The van der Waals surface area contributed by atoms with Crippen LogP contribution in [-0.4, -0.2) is 48.8 Å². The number of nitrogens with one attached hydrogen (secondary N) is 2. The molecule has 1 heterocycles. The number of fused-ring (bicyclic) bond motifs is 1. The molecule has 2 N–H and O–H groups in total. The number of carbonyl (C=O) groups excluding carboxylic acids is 2. The molecule has 0 saturated carbocycles. The lowest BCUT2D eigenvalue weighted by molar-refractivity contribution is -0.119. The average Bonchev–Trinajstić information content (AvgIpc) is 2.79. The van der Waals surface area contributed by atoms with E-state index in [0.29, 0.717) is 28.9 Å². The van der Waals surface area contributed by atoms with E-state index in [1.165, 1.54) is 6.21 Å². The second kappa shape index (κ2) is 10.0. The molecule has 0 aromatic heterocycles. The standard InChI is InChI=1S/C25H27N5O2/c1-16(2)15-30-23(18(13-27)14-28-3)22(20-9-4-5-10-21(20)25(30)32)24(31)29-19-8-6-7-17(11-19)12-26/h4-11,13-14,16,18,22-23,27H,15H2,1-3H3,(H,29,31)/t18?,22-,23+/m1/s1. The molecule has 32 heavy (non-hydrogen) atoms. The summed E-state index contributed by atoms with van der Waals surface area (Å²) in [6.07, 6.45) is 2.85.